The summed E-state index contributed by atoms with van der Waals surface area (Å²) < 4.78 is 0. The highest BCUT2D eigenvalue weighted by Gasteiger charge is 2.06. The maximum atomic E-state index is 4.27. The first kappa shape index (κ1) is 15.7. The van der Waals surface area contributed by atoms with E-state index in [1.54, 1.807) is 24.3 Å². The van der Waals surface area contributed by atoms with Crippen LogP contribution in [0.4, 0.5) is 0 Å². The molecule has 3 heterocycles. The Bertz CT molecular complexity index is 631. The SMILES string of the molecule is Cl.Cl.c1ccc(CSc2ncnc3nc[nH]c23)nc1. The molecule has 0 unspecified atom stereocenters. The molecule has 1 N–H and O–H groups in total. The molecule has 0 saturated carbocycles. The summed E-state index contributed by atoms with van der Waals surface area (Å²) in [5, 5.41) is 0.901. The minimum atomic E-state index is 0. The predicted octanol–water partition coefficient (Wildman–Crippen LogP) is 2.88. The number of fused-ring (bicyclic) bond motifs is 1. The summed E-state index contributed by atoms with van der Waals surface area (Å²) in [6.07, 6.45) is 4.95. The topological polar surface area (TPSA) is 67.3 Å². The quantitative estimate of drug-likeness (QED) is 0.594. The smallest absolute Gasteiger partial charge is 0.181 e. The molecule has 0 fully saturated rings. The van der Waals surface area contributed by atoms with Gasteiger partial charge in [-0.1, -0.05) is 17.8 Å². The van der Waals surface area contributed by atoms with Crippen molar-refractivity contribution in [1.82, 2.24) is 24.9 Å². The largest absolute Gasteiger partial charge is 0.341 e. The average Bonchev–Trinajstić information content (AvgIpc) is 2.86. The second kappa shape index (κ2) is 7.28. The van der Waals surface area contributed by atoms with Gasteiger partial charge < -0.3 is 4.98 Å². The number of pyridine rings is 1. The lowest BCUT2D eigenvalue weighted by Crippen LogP contribution is -1.89. The second-order valence-corrected chi connectivity index (χ2v) is 4.35. The third-order valence-corrected chi connectivity index (χ3v) is 3.29. The van der Waals surface area contributed by atoms with Crippen molar-refractivity contribution in [2.75, 3.05) is 0 Å². The lowest BCUT2D eigenvalue weighted by Gasteiger charge is -2.00. The molecule has 0 aliphatic rings. The number of aromatic nitrogens is 5. The first-order valence-electron chi connectivity index (χ1n) is 5.10. The molecule has 3 aromatic rings. The monoisotopic (exact) mass is 315 g/mol. The second-order valence-electron chi connectivity index (χ2n) is 3.39. The van der Waals surface area contributed by atoms with Gasteiger partial charge in [0.15, 0.2) is 5.65 Å². The highest BCUT2D eigenvalue weighted by Crippen LogP contribution is 2.24. The van der Waals surface area contributed by atoms with Crippen LogP contribution in [0.5, 0.6) is 0 Å². The van der Waals surface area contributed by atoms with Gasteiger partial charge in [-0.3, -0.25) is 4.98 Å². The molecule has 0 amide bonds. The van der Waals surface area contributed by atoms with E-state index >= 15 is 0 Å². The van der Waals surface area contributed by atoms with Gasteiger partial charge in [0.2, 0.25) is 0 Å². The van der Waals surface area contributed by atoms with Crippen molar-refractivity contribution in [3.63, 3.8) is 0 Å². The number of hydrogen-bond acceptors (Lipinski definition) is 5. The third kappa shape index (κ3) is 3.56. The van der Waals surface area contributed by atoms with Crippen molar-refractivity contribution in [2.45, 2.75) is 10.8 Å². The van der Waals surface area contributed by atoms with Crippen molar-refractivity contribution in [3.8, 4) is 0 Å². The summed E-state index contributed by atoms with van der Waals surface area (Å²) >= 11 is 1.62. The molecule has 0 aromatic carbocycles. The average molecular weight is 316 g/mol. The van der Waals surface area contributed by atoms with Crippen LogP contribution in [0.15, 0.2) is 42.1 Å². The Morgan fingerprint density at radius 1 is 1.05 bits per heavy atom. The summed E-state index contributed by atoms with van der Waals surface area (Å²) in [5.41, 5.74) is 2.61. The number of aromatic amines is 1. The normalized spacial score (nSPS) is 9.68. The van der Waals surface area contributed by atoms with E-state index in [0.29, 0.717) is 5.65 Å². The molecule has 5 nitrogen and oxygen atoms in total. The van der Waals surface area contributed by atoms with Crippen LogP contribution in [-0.4, -0.2) is 24.9 Å². The maximum absolute atomic E-state index is 4.27. The zero-order chi connectivity index (χ0) is 11.5. The number of rotatable bonds is 3. The first-order chi connectivity index (χ1) is 8.43. The number of nitrogens with zero attached hydrogens (tertiary/aromatic N) is 4. The van der Waals surface area contributed by atoms with Gasteiger partial charge in [0.05, 0.1) is 12.0 Å². The number of thioether (sulfide) groups is 1. The van der Waals surface area contributed by atoms with Crippen LogP contribution in [0.25, 0.3) is 11.2 Å². The summed E-state index contributed by atoms with van der Waals surface area (Å²) in [4.78, 5) is 19.7. The van der Waals surface area contributed by atoms with Gasteiger partial charge >= 0.3 is 0 Å². The lowest BCUT2D eigenvalue weighted by molar-refractivity contribution is 1.08. The van der Waals surface area contributed by atoms with Gasteiger partial charge in [-0.2, -0.15) is 0 Å². The van der Waals surface area contributed by atoms with Crippen molar-refractivity contribution in [2.24, 2.45) is 0 Å². The van der Waals surface area contributed by atoms with Crippen molar-refractivity contribution in [3.05, 3.63) is 42.7 Å². The Morgan fingerprint density at radius 2 is 1.95 bits per heavy atom. The van der Waals surface area contributed by atoms with Gasteiger partial charge in [-0.25, -0.2) is 15.0 Å². The molecule has 0 aliphatic heterocycles. The molecule has 3 aromatic heterocycles. The number of imidazole rings is 1. The van der Waals surface area contributed by atoms with Crippen molar-refractivity contribution in [1.29, 1.82) is 0 Å². The minimum absolute atomic E-state index is 0. The van der Waals surface area contributed by atoms with Gasteiger partial charge in [0.25, 0.3) is 0 Å². The van der Waals surface area contributed by atoms with E-state index in [-0.39, 0.29) is 24.8 Å². The van der Waals surface area contributed by atoms with Crippen LogP contribution >= 0.6 is 36.6 Å². The van der Waals surface area contributed by atoms with Crippen LogP contribution < -0.4 is 0 Å². The van der Waals surface area contributed by atoms with Crippen LogP contribution in [0.1, 0.15) is 5.69 Å². The molecule has 19 heavy (non-hydrogen) atoms. The fraction of sp³-hybridized carbons (Fsp3) is 0.0909. The zero-order valence-corrected chi connectivity index (χ0v) is 12.1. The van der Waals surface area contributed by atoms with E-state index in [4.69, 9.17) is 0 Å². The van der Waals surface area contributed by atoms with E-state index in [1.165, 1.54) is 6.33 Å². The molecule has 0 bridgehead atoms. The number of H-pyrrole nitrogens is 1. The zero-order valence-electron chi connectivity index (χ0n) is 9.68. The van der Waals surface area contributed by atoms with Crippen LogP contribution in [-0.2, 0) is 5.75 Å². The van der Waals surface area contributed by atoms with Crippen molar-refractivity contribution < 1.29 is 0 Å². The molecule has 8 heteroatoms. The molecule has 100 valence electrons. The highest BCUT2D eigenvalue weighted by atomic mass is 35.5. The standard InChI is InChI=1S/C11H9N5S.2ClH/c1-2-4-12-8(3-1)5-17-11-9-10(14-6-13-9)15-7-16-11;;/h1-4,6-7H,5H2,(H,13,14,15,16);2*1H. The van der Waals surface area contributed by atoms with E-state index in [9.17, 15) is 0 Å². The molecule has 0 atom stereocenters. The maximum Gasteiger partial charge on any atom is 0.181 e. The summed E-state index contributed by atoms with van der Waals surface area (Å²) in [6.45, 7) is 0. The number of hydrogen-bond donors (Lipinski definition) is 1. The van der Waals surface area contributed by atoms with Gasteiger partial charge in [-0.15, -0.1) is 24.8 Å². The molecule has 0 aliphatic carbocycles. The first-order valence-corrected chi connectivity index (χ1v) is 6.09. The summed E-state index contributed by atoms with van der Waals surface area (Å²) in [5.74, 6) is 0.784. The van der Waals surface area contributed by atoms with E-state index in [0.717, 1.165) is 22.0 Å². The van der Waals surface area contributed by atoms with E-state index in [2.05, 4.69) is 24.9 Å². The molecule has 0 radical (unpaired) electrons. The van der Waals surface area contributed by atoms with E-state index in [1.807, 2.05) is 18.2 Å². The third-order valence-electron chi connectivity index (χ3n) is 2.27. The Kier molecular flexibility index (Phi) is 6.01. The summed E-state index contributed by atoms with van der Waals surface area (Å²) in [7, 11) is 0. The minimum Gasteiger partial charge on any atom is -0.341 e. The Labute approximate surface area is 126 Å². The molecule has 3 rings (SSSR count). The molecule has 0 saturated heterocycles. The highest BCUT2D eigenvalue weighted by molar-refractivity contribution is 7.98. The number of nitrogens with one attached hydrogen (secondary N) is 1. The Hall–Kier alpha value is -1.37. The molecular formula is C11H11Cl2N5S. The van der Waals surface area contributed by atoms with E-state index < -0.39 is 0 Å². The van der Waals surface area contributed by atoms with Crippen LogP contribution in [0.3, 0.4) is 0 Å². The van der Waals surface area contributed by atoms with Gasteiger partial charge in [0, 0.05) is 11.9 Å². The Balaban J connectivity index is 0.000000902. The van der Waals surface area contributed by atoms with Gasteiger partial charge in [-0.05, 0) is 12.1 Å². The van der Waals surface area contributed by atoms with Crippen molar-refractivity contribution >= 4 is 47.7 Å². The molecular weight excluding hydrogens is 305 g/mol. The fourth-order valence-electron chi connectivity index (χ4n) is 1.48. The van der Waals surface area contributed by atoms with Crippen LogP contribution in [0.2, 0.25) is 0 Å². The summed E-state index contributed by atoms with van der Waals surface area (Å²) in [6, 6.07) is 5.89. The fourth-order valence-corrected chi connectivity index (χ4v) is 2.35. The lowest BCUT2D eigenvalue weighted by atomic mass is 10.4. The van der Waals surface area contributed by atoms with Gasteiger partial charge in [0.1, 0.15) is 16.9 Å². The predicted molar refractivity (Wildman–Crippen MR) is 80.0 cm³/mol. The molecule has 0 spiro atoms. The number of halogens is 2. The van der Waals surface area contributed by atoms with Crippen LogP contribution in [0, 0.1) is 0 Å². The Morgan fingerprint density at radius 3 is 2.74 bits per heavy atom.